The van der Waals surface area contributed by atoms with Crippen LogP contribution in [0.25, 0.3) is 0 Å². The quantitative estimate of drug-likeness (QED) is 0.461. The Hall–Kier alpha value is -2.81. The molecular formula is C16H14F3N3O2S. The highest BCUT2D eigenvalue weighted by Crippen LogP contribution is 2.31. The van der Waals surface area contributed by atoms with E-state index in [4.69, 9.17) is 17.0 Å². The number of ether oxygens (including phenoxy) is 2. The van der Waals surface area contributed by atoms with Gasteiger partial charge in [0.2, 0.25) is 0 Å². The molecule has 0 bridgehead atoms. The Bertz CT molecular complexity index is 772. The smallest absolute Gasteiger partial charge is 0.387 e. The van der Waals surface area contributed by atoms with E-state index in [2.05, 4.69) is 20.6 Å². The number of anilines is 1. The number of thiocarbonyl (C=S) groups is 1. The minimum absolute atomic E-state index is 0.0283. The normalized spacial score (nSPS) is 10.8. The fourth-order valence-corrected chi connectivity index (χ4v) is 2.05. The third-order valence-corrected chi connectivity index (χ3v) is 3.12. The number of nitrogens with one attached hydrogen (secondary N) is 2. The zero-order valence-corrected chi connectivity index (χ0v) is 13.8. The van der Waals surface area contributed by atoms with E-state index < -0.39 is 12.4 Å². The van der Waals surface area contributed by atoms with E-state index in [-0.39, 0.29) is 27.9 Å². The van der Waals surface area contributed by atoms with Gasteiger partial charge in [-0.05, 0) is 36.5 Å². The standard InChI is InChI=1S/C16H14F3N3O2S/c1-23-13-8-4-5-10(14(13)24-15(18)19)9-20-22-16(25)21-12-7-3-2-6-11(12)17/h2-9,15H,1H3,(H2,21,22,25)/b20-9-. The molecule has 2 rings (SSSR count). The van der Waals surface area contributed by atoms with Crippen LogP contribution in [0.15, 0.2) is 47.6 Å². The molecule has 0 aliphatic heterocycles. The summed E-state index contributed by atoms with van der Waals surface area (Å²) in [6.45, 7) is -3.01. The lowest BCUT2D eigenvalue weighted by Gasteiger charge is -2.12. The third-order valence-electron chi connectivity index (χ3n) is 2.93. The average Bonchev–Trinajstić information content (AvgIpc) is 2.58. The minimum atomic E-state index is -3.01. The van der Waals surface area contributed by atoms with Crippen molar-refractivity contribution in [3.05, 3.63) is 53.8 Å². The maximum atomic E-state index is 13.5. The van der Waals surface area contributed by atoms with Crippen LogP contribution in [-0.2, 0) is 0 Å². The van der Waals surface area contributed by atoms with Crippen molar-refractivity contribution in [3.8, 4) is 11.5 Å². The second kappa shape index (κ2) is 8.88. The summed E-state index contributed by atoms with van der Waals surface area (Å²) in [6.07, 6.45) is 1.23. The summed E-state index contributed by atoms with van der Waals surface area (Å²) in [6, 6.07) is 10.5. The monoisotopic (exact) mass is 369 g/mol. The Morgan fingerprint density at radius 1 is 1.20 bits per heavy atom. The molecule has 2 aromatic rings. The summed E-state index contributed by atoms with van der Waals surface area (Å²) in [5.74, 6) is -0.495. The molecule has 0 fully saturated rings. The number of hydrazone groups is 1. The van der Waals surface area contributed by atoms with Crippen LogP contribution in [0.4, 0.5) is 18.9 Å². The Morgan fingerprint density at radius 3 is 2.64 bits per heavy atom. The van der Waals surface area contributed by atoms with Crippen LogP contribution in [0, 0.1) is 5.82 Å². The van der Waals surface area contributed by atoms with E-state index in [1.165, 1.54) is 37.6 Å². The number of halogens is 3. The molecule has 2 aromatic carbocycles. The highest BCUT2D eigenvalue weighted by molar-refractivity contribution is 7.80. The van der Waals surface area contributed by atoms with Crippen LogP contribution in [0.1, 0.15) is 5.56 Å². The Morgan fingerprint density at radius 2 is 1.96 bits per heavy atom. The number of rotatable bonds is 6. The number of nitrogens with zero attached hydrogens (tertiary/aromatic N) is 1. The van der Waals surface area contributed by atoms with Crippen LogP contribution in [0.2, 0.25) is 0 Å². The molecule has 132 valence electrons. The zero-order chi connectivity index (χ0) is 18.2. The van der Waals surface area contributed by atoms with E-state index in [0.717, 1.165) is 0 Å². The van der Waals surface area contributed by atoms with Gasteiger partial charge in [-0.1, -0.05) is 18.2 Å². The van der Waals surface area contributed by atoms with Crippen LogP contribution < -0.4 is 20.2 Å². The first-order valence-electron chi connectivity index (χ1n) is 6.97. The summed E-state index contributed by atoms with van der Waals surface area (Å²) >= 11 is 4.98. The predicted octanol–water partition coefficient (Wildman–Crippen LogP) is 3.76. The van der Waals surface area contributed by atoms with E-state index in [0.29, 0.717) is 0 Å². The molecule has 0 spiro atoms. The average molecular weight is 369 g/mol. The van der Waals surface area contributed by atoms with Gasteiger partial charge in [0.25, 0.3) is 0 Å². The molecule has 0 saturated heterocycles. The van der Waals surface area contributed by atoms with Gasteiger partial charge >= 0.3 is 6.61 Å². The highest BCUT2D eigenvalue weighted by Gasteiger charge is 2.14. The molecule has 0 aromatic heterocycles. The molecule has 0 amide bonds. The fourth-order valence-electron chi connectivity index (χ4n) is 1.88. The molecule has 0 heterocycles. The molecular weight excluding hydrogens is 355 g/mol. The van der Waals surface area contributed by atoms with E-state index >= 15 is 0 Å². The van der Waals surface area contributed by atoms with Crippen molar-refractivity contribution in [2.24, 2.45) is 5.10 Å². The molecule has 0 radical (unpaired) electrons. The van der Waals surface area contributed by atoms with Gasteiger partial charge in [-0.2, -0.15) is 13.9 Å². The molecule has 9 heteroatoms. The zero-order valence-electron chi connectivity index (χ0n) is 13.0. The van der Waals surface area contributed by atoms with E-state index in [1.54, 1.807) is 18.2 Å². The molecule has 0 saturated carbocycles. The van der Waals surface area contributed by atoms with Crippen LogP contribution in [0.3, 0.4) is 0 Å². The van der Waals surface area contributed by atoms with Crippen molar-refractivity contribution in [1.29, 1.82) is 0 Å². The summed E-state index contributed by atoms with van der Waals surface area (Å²) in [7, 11) is 1.33. The summed E-state index contributed by atoms with van der Waals surface area (Å²) < 4.78 is 48.0. The number of para-hydroxylation sites is 2. The van der Waals surface area contributed by atoms with Crippen molar-refractivity contribution in [3.63, 3.8) is 0 Å². The van der Waals surface area contributed by atoms with Crippen LogP contribution in [-0.4, -0.2) is 25.0 Å². The lowest BCUT2D eigenvalue weighted by Crippen LogP contribution is -2.24. The van der Waals surface area contributed by atoms with E-state index in [9.17, 15) is 13.2 Å². The predicted molar refractivity (Wildman–Crippen MR) is 93.0 cm³/mol. The van der Waals surface area contributed by atoms with Gasteiger partial charge in [-0.15, -0.1) is 0 Å². The van der Waals surface area contributed by atoms with Crippen molar-refractivity contribution in [2.45, 2.75) is 6.61 Å². The van der Waals surface area contributed by atoms with Crippen LogP contribution in [0.5, 0.6) is 11.5 Å². The second-order valence-electron chi connectivity index (χ2n) is 4.56. The SMILES string of the molecule is COc1cccc(/C=N\NC(=S)Nc2ccccc2F)c1OC(F)F. The number of hydrogen-bond donors (Lipinski definition) is 2. The maximum Gasteiger partial charge on any atom is 0.387 e. The van der Waals surface area contributed by atoms with Gasteiger partial charge in [0, 0.05) is 5.56 Å². The molecule has 2 N–H and O–H groups in total. The van der Waals surface area contributed by atoms with Crippen LogP contribution >= 0.6 is 12.2 Å². The van der Waals surface area contributed by atoms with Crippen molar-refractivity contribution >= 4 is 29.2 Å². The Labute approximate surface area is 147 Å². The lowest BCUT2D eigenvalue weighted by atomic mass is 10.2. The Balaban J connectivity index is 2.06. The minimum Gasteiger partial charge on any atom is -0.493 e. The first kappa shape index (κ1) is 18.5. The number of hydrogen-bond acceptors (Lipinski definition) is 4. The molecule has 0 aliphatic carbocycles. The summed E-state index contributed by atoms with van der Waals surface area (Å²) in [4.78, 5) is 0. The highest BCUT2D eigenvalue weighted by atomic mass is 32.1. The molecule has 0 unspecified atom stereocenters. The molecule has 0 atom stereocenters. The molecule has 0 aliphatic rings. The second-order valence-corrected chi connectivity index (χ2v) is 4.97. The van der Waals surface area contributed by atoms with Gasteiger partial charge in [0.1, 0.15) is 5.82 Å². The number of benzene rings is 2. The van der Waals surface area contributed by atoms with Gasteiger partial charge in [-0.3, -0.25) is 5.43 Å². The largest absolute Gasteiger partial charge is 0.493 e. The Kier molecular flexibility index (Phi) is 6.58. The summed E-state index contributed by atoms with van der Waals surface area (Å²) in [5.41, 5.74) is 2.89. The maximum absolute atomic E-state index is 13.5. The fraction of sp³-hybridized carbons (Fsp3) is 0.125. The molecule has 25 heavy (non-hydrogen) atoms. The van der Waals surface area contributed by atoms with E-state index in [1.807, 2.05) is 0 Å². The number of methoxy groups -OCH3 is 1. The van der Waals surface area contributed by atoms with Crippen molar-refractivity contribution in [1.82, 2.24) is 5.43 Å². The first-order chi connectivity index (χ1) is 12.0. The number of alkyl halides is 2. The topological polar surface area (TPSA) is 54.9 Å². The van der Waals surface area contributed by atoms with Gasteiger partial charge in [-0.25, -0.2) is 4.39 Å². The molecule has 5 nitrogen and oxygen atoms in total. The third kappa shape index (κ3) is 5.35. The van der Waals surface area contributed by atoms with Gasteiger partial charge in [0.15, 0.2) is 16.6 Å². The van der Waals surface area contributed by atoms with Gasteiger partial charge < -0.3 is 14.8 Å². The van der Waals surface area contributed by atoms with Crippen molar-refractivity contribution in [2.75, 3.05) is 12.4 Å². The lowest BCUT2D eigenvalue weighted by molar-refractivity contribution is -0.0513. The first-order valence-corrected chi connectivity index (χ1v) is 7.38. The van der Waals surface area contributed by atoms with Gasteiger partial charge in [0.05, 0.1) is 19.0 Å². The van der Waals surface area contributed by atoms with Crippen molar-refractivity contribution < 1.29 is 22.6 Å². The summed E-state index contributed by atoms with van der Waals surface area (Å²) in [5, 5.41) is 6.48.